The number of thiazole rings is 1. The molecule has 0 unspecified atom stereocenters. The third-order valence-corrected chi connectivity index (χ3v) is 6.32. The summed E-state index contributed by atoms with van der Waals surface area (Å²) in [7, 11) is 3.12. The Morgan fingerprint density at radius 1 is 1.25 bits per heavy atom. The van der Waals surface area contributed by atoms with Gasteiger partial charge in [-0.1, -0.05) is 0 Å². The molecule has 0 spiro atoms. The van der Waals surface area contributed by atoms with Gasteiger partial charge in [0.2, 0.25) is 11.8 Å². The molecular formula is C20H23N3O4S. The number of rotatable bonds is 5. The Balaban J connectivity index is 1.47. The number of anilines is 2. The Bertz CT molecular complexity index is 887. The number of carbonyl (C=O) groups is 2. The van der Waals surface area contributed by atoms with Crippen molar-refractivity contribution in [2.75, 3.05) is 31.0 Å². The van der Waals surface area contributed by atoms with Crippen molar-refractivity contribution in [2.24, 2.45) is 5.92 Å². The number of aryl methyl sites for hydroxylation is 2. The molecule has 0 saturated carbocycles. The zero-order chi connectivity index (χ0) is 19.7. The van der Waals surface area contributed by atoms with Gasteiger partial charge in [-0.05, 0) is 37.8 Å². The summed E-state index contributed by atoms with van der Waals surface area (Å²) in [6.45, 7) is 0.318. The first-order valence-electron chi connectivity index (χ1n) is 9.41. The largest absolute Gasteiger partial charge is 0.497 e. The predicted octanol–water partition coefficient (Wildman–Crippen LogP) is 3.03. The molecule has 1 aliphatic carbocycles. The smallest absolute Gasteiger partial charge is 0.231 e. The Kier molecular flexibility index (Phi) is 5.21. The average molecular weight is 401 g/mol. The van der Waals surface area contributed by atoms with Crippen LogP contribution >= 0.6 is 11.3 Å². The molecule has 7 nitrogen and oxygen atoms in total. The number of carbonyl (C=O) groups excluding carboxylic acids is 2. The van der Waals surface area contributed by atoms with E-state index in [0.717, 1.165) is 25.0 Å². The number of ether oxygens (including phenoxy) is 2. The fourth-order valence-corrected chi connectivity index (χ4v) is 4.79. The van der Waals surface area contributed by atoms with Crippen molar-refractivity contribution in [1.29, 1.82) is 0 Å². The van der Waals surface area contributed by atoms with Crippen LogP contribution in [-0.4, -0.2) is 37.6 Å². The summed E-state index contributed by atoms with van der Waals surface area (Å²) in [5, 5.41) is 3.56. The van der Waals surface area contributed by atoms with Crippen molar-refractivity contribution in [2.45, 2.75) is 32.1 Å². The van der Waals surface area contributed by atoms with Crippen LogP contribution in [0.4, 0.5) is 10.8 Å². The number of nitrogens with one attached hydrogen (secondary N) is 1. The Labute approximate surface area is 167 Å². The van der Waals surface area contributed by atoms with E-state index in [4.69, 9.17) is 9.47 Å². The summed E-state index contributed by atoms with van der Waals surface area (Å²) in [4.78, 5) is 32.7. The van der Waals surface area contributed by atoms with Gasteiger partial charge in [0.25, 0.3) is 0 Å². The number of fused-ring (bicyclic) bond motifs is 1. The molecule has 0 radical (unpaired) electrons. The fraction of sp³-hybridized carbons (Fsp3) is 0.450. The lowest BCUT2D eigenvalue weighted by Gasteiger charge is -2.20. The Morgan fingerprint density at radius 3 is 2.82 bits per heavy atom. The second-order valence-electron chi connectivity index (χ2n) is 7.03. The maximum Gasteiger partial charge on any atom is 0.231 e. The molecule has 1 aromatic carbocycles. The first-order valence-corrected chi connectivity index (χ1v) is 10.2. The van der Waals surface area contributed by atoms with Crippen LogP contribution in [0.5, 0.6) is 11.5 Å². The number of hydrogen-bond acceptors (Lipinski definition) is 6. The normalized spacial score (nSPS) is 18.7. The van der Waals surface area contributed by atoms with Crippen LogP contribution < -0.4 is 19.7 Å². The molecule has 1 aromatic heterocycles. The van der Waals surface area contributed by atoms with Crippen LogP contribution in [0.15, 0.2) is 18.2 Å². The topological polar surface area (TPSA) is 80.8 Å². The van der Waals surface area contributed by atoms with Crippen LogP contribution in [0, 0.1) is 5.92 Å². The van der Waals surface area contributed by atoms with Crippen LogP contribution in [0.1, 0.15) is 29.8 Å². The number of aromatic nitrogens is 1. The second-order valence-corrected chi connectivity index (χ2v) is 8.11. The molecule has 2 aliphatic rings. The monoisotopic (exact) mass is 401 g/mol. The Morgan fingerprint density at radius 2 is 2.07 bits per heavy atom. The minimum absolute atomic E-state index is 0.0953. The van der Waals surface area contributed by atoms with Crippen molar-refractivity contribution < 1.29 is 19.1 Å². The summed E-state index contributed by atoms with van der Waals surface area (Å²) in [5.74, 6) is 0.521. The molecule has 2 heterocycles. The van der Waals surface area contributed by atoms with Gasteiger partial charge in [0.15, 0.2) is 5.13 Å². The van der Waals surface area contributed by atoms with Crippen molar-refractivity contribution >= 4 is 34.0 Å². The number of benzene rings is 1. The maximum absolute atomic E-state index is 12.7. The number of methoxy groups -OCH3 is 2. The third-order valence-electron chi connectivity index (χ3n) is 5.25. The van der Waals surface area contributed by atoms with Gasteiger partial charge in [-0.25, -0.2) is 4.98 Å². The van der Waals surface area contributed by atoms with Gasteiger partial charge in [0.1, 0.15) is 11.5 Å². The van der Waals surface area contributed by atoms with Crippen molar-refractivity contribution in [3.63, 3.8) is 0 Å². The first-order chi connectivity index (χ1) is 13.6. The lowest BCUT2D eigenvalue weighted by molar-refractivity contribution is -0.122. The van der Waals surface area contributed by atoms with Gasteiger partial charge < -0.3 is 19.7 Å². The van der Waals surface area contributed by atoms with Crippen LogP contribution in [0.2, 0.25) is 0 Å². The minimum atomic E-state index is -0.416. The van der Waals surface area contributed by atoms with Crippen LogP contribution in [-0.2, 0) is 22.4 Å². The molecule has 28 heavy (non-hydrogen) atoms. The standard InChI is InChI=1S/C20H23N3O4S/c1-26-13-7-8-15(16(10-13)27-2)23-11-12(9-18(23)24)19(25)22-20-21-14-5-3-4-6-17(14)28-20/h7-8,10,12H,3-6,9,11H2,1-2H3,(H,21,22,25)/t12-/m1/s1. The molecule has 4 rings (SSSR count). The van der Waals surface area contributed by atoms with Gasteiger partial charge in [0, 0.05) is 23.9 Å². The number of hydrogen-bond donors (Lipinski definition) is 1. The molecule has 1 fully saturated rings. The van der Waals surface area contributed by atoms with Crippen molar-refractivity contribution in [3.8, 4) is 11.5 Å². The zero-order valence-electron chi connectivity index (χ0n) is 16.0. The van der Waals surface area contributed by atoms with E-state index in [1.807, 2.05) is 0 Å². The molecule has 1 aliphatic heterocycles. The van der Waals surface area contributed by atoms with E-state index in [-0.39, 0.29) is 18.2 Å². The summed E-state index contributed by atoms with van der Waals surface area (Å²) >= 11 is 1.56. The van der Waals surface area contributed by atoms with Crippen molar-refractivity contribution in [3.05, 3.63) is 28.8 Å². The summed E-state index contributed by atoms with van der Waals surface area (Å²) in [5.41, 5.74) is 1.76. The molecule has 8 heteroatoms. The highest BCUT2D eigenvalue weighted by atomic mass is 32.1. The summed E-state index contributed by atoms with van der Waals surface area (Å²) in [6, 6.07) is 5.29. The quantitative estimate of drug-likeness (QED) is 0.833. The van der Waals surface area contributed by atoms with E-state index in [9.17, 15) is 9.59 Å². The maximum atomic E-state index is 12.7. The highest BCUT2D eigenvalue weighted by molar-refractivity contribution is 7.15. The molecule has 2 aromatic rings. The molecule has 1 N–H and O–H groups in total. The average Bonchev–Trinajstić information content (AvgIpc) is 3.30. The minimum Gasteiger partial charge on any atom is -0.497 e. The van der Waals surface area contributed by atoms with E-state index >= 15 is 0 Å². The summed E-state index contributed by atoms with van der Waals surface area (Å²) < 4.78 is 10.6. The fourth-order valence-electron chi connectivity index (χ4n) is 3.74. The Hall–Kier alpha value is -2.61. The lowest BCUT2D eigenvalue weighted by Crippen LogP contribution is -2.28. The highest BCUT2D eigenvalue weighted by Gasteiger charge is 2.36. The molecule has 2 amide bonds. The van der Waals surface area contributed by atoms with E-state index in [2.05, 4.69) is 10.3 Å². The zero-order valence-corrected chi connectivity index (χ0v) is 16.8. The number of nitrogens with zero attached hydrogens (tertiary/aromatic N) is 2. The second kappa shape index (κ2) is 7.79. The van der Waals surface area contributed by atoms with Gasteiger partial charge in [-0.2, -0.15) is 0 Å². The van der Waals surface area contributed by atoms with Crippen molar-refractivity contribution in [1.82, 2.24) is 4.98 Å². The SMILES string of the molecule is COc1ccc(N2C[C@H](C(=O)Nc3nc4c(s3)CCCC4)CC2=O)c(OC)c1. The van der Waals surface area contributed by atoms with E-state index < -0.39 is 5.92 Å². The van der Waals surface area contributed by atoms with E-state index in [1.54, 1.807) is 48.7 Å². The third kappa shape index (κ3) is 3.56. The molecule has 1 atom stereocenters. The molecule has 0 bridgehead atoms. The van der Waals surface area contributed by atoms with Crippen LogP contribution in [0.3, 0.4) is 0 Å². The molecular weight excluding hydrogens is 378 g/mol. The first kappa shape index (κ1) is 18.7. The van der Waals surface area contributed by atoms with Gasteiger partial charge >= 0.3 is 0 Å². The van der Waals surface area contributed by atoms with Gasteiger partial charge in [0.05, 0.1) is 31.5 Å². The summed E-state index contributed by atoms with van der Waals surface area (Å²) in [6.07, 6.45) is 4.52. The van der Waals surface area contributed by atoms with Gasteiger partial charge in [-0.3, -0.25) is 9.59 Å². The van der Waals surface area contributed by atoms with Gasteiger partial charge in [-0.15, -0.1) is 11.3 Å². The predicted molar refractivity (Wildman–Crippen MR) is 107 cm³/mol. The highest BCUT2D eigenvalue weighted by Crippen LogP contribution is 2.36. The molecule has 148 valence electrons. The van der Waals surface area contributed by atoms with Crippen LogP contribution in [0.25, 0.3) is 0 Å². The lowest BCUT2D eigenvalue weighted by atomic mass is 10.0. The van der Waals surface area contributed by atoms with E-state index in [1.165, 1.54) is 11.3 Å². The molecule has 1 saturated heterocycles. The van der Waals surface area contributed by atoms with E-state index in [0.29, 0.717) is 28.9 Å². The number of amides is 2.